The van der Waals surface area contributed by atoms with Crippen LogP contribution in [-0.2, 0) is 10.9 Å². The molecule has 1 aromatic rings. The van der Waals surface area contributed by atoms with Gasteiger partial charge in [0.25, 0.3) is 5.91 Å². The van der Waals surface area contributed by atoms with Gasteiger partial charge < -0.3 is 14.5 Å². The Morgan fingerprint density at radius 3 is 2.89 bits per heavy atom. The highest BCUT2D eigenvalue weighted by Crippen LogP contribution is 2.32. The second kappa shape index (κ2) is 5.01. The fraction of sp³-hybridized carbons (Fsp3) is 0.545. The second-order valence-electron chi connectivity index (χ2n) is 4.10. The fourth-order valence-corrected chi connectivity index (χ4v) is 1.78. The number of amides is 1. The summed E-state index contributed by atoms with van der Waals surface area (Å²) in [6, 6.07) is 1.02. The van der Waals surface area contributed by atoms with Crippen LogP contribution >= 0.6 is 0 Å². The summed E-state index contributed by atoms with van der Waals surface area (Å²) in [5.74, 6) is -1.87. The molecule has 0 bridgehead atoms. The van der Waals surface area contributed by atoms with E-state index in [1.807, 2.05) is 0 Å². The topological polar surface area (TPSA) is 51.5 Å². The number of furan rings is 1. The number of halogens is 3. The minimum atomic E-state index is -4.66. The van der Waals surface area contributed by atoms with Gasteiger partial charge in [0, 0.05) is 19.1 Å². The van der Waals surface area contributed by atoms with Crippen LogP contribution in [0.2, 0.25) is 0 Å². The molecule has 1 atom stereocenters. The maximum Gasteiger partial charge on any atom is 0.450 e. The maximum absolute atomic E-state index is 12.5. The third-order valence-corrected chi connectivity index (χ3v) is 2.74. The Morgan fingerprint density at radius 2 is 2.28 bits per heavy atom. The molecule has 7 heteroatoms. The monoisotopic (exact) mass is 263 g/mol. The average molecular weight is 263 g/mol. The van der Waals surface area contributed by atoms with Gasteiger partial charge in [-0.25, -0.2) is 0 Å². The van der Waals surface area contributed by atoms with Crippen LogP contribution in [0.5, 0.6) is 0 Å². The van der Waals surface area contributed by atoms with E-state index in [2.05, 4.69) is 9.73 Å². The highest BCUT2D eigenvalue weighted by atomic mass is 19.4. The summed E-state index contributed by atoms with van der Waals surface area (Å²) in [6.45, 7) is 1.46. The van der Waals surface area contributed by atoms with Gasteiger partial charge in [-0.15, -0.1) is 0 Å². The van der Waals surface area contributed by atoms with Crippen LogP contribution in [0.4, 0.5) is 13.2 Å². The third-order valence-electron chi connectivity index (χ3n) is 2.74. The van der Waals surface area contributed by atoms with Gasteiger partial charge in [-0.2, -0.15) is 13.2 Å². The molecule has 0 radical (unpaired) electrons. The SMILES string of the molecule is O=C(NC[C@H]1CCOC1)c1ccoc1C(F)(F)F. The van der Waals surface area contributed by atoms with Crippen LogP contribution < -0.4 is 5.32 Å². The standard InChI is InChI=1S/C11H12F3NO3/c12-11(13,14)9-8(2-4-18-9)10(16)15-5-7-1-3-17-6-7/h2,4,7H,1,3,5-6H2,(H,15,16)/t7-/m1/s1. The lowest BCUT2D eigenvalue weighted by molar-refractivity contribution is -0.153. The van der Waals surface area contributed by atoms with E-state index in [0.717, 1.165) is 18.8 Å². The summed E-state index contributed by atoms with van der Waals surface area (Å²) in [5.41, 5.74) is -0.485. The fourth-order valence-electron chi connectivity index (χ4n) is 1.78. The van der Waals surface area contributed by atoms with Crippen LogP contribution in [0, 0.1) is 5.92 Å². The Hall–Kier alpha value is -1.50. The molecular formula is C11H12F3NO3. The lowest BCUT2D eigenvalue weighted by Gasteiger charge is -2.10. The first kappa shape index (κ1) is 12.9. The van der Waals surface area contributed by atoms with Gasteiger partial charge in [0.1, 0.15) is 0 Å². The van der Waals surface area contributed by atoms with Gasteiger partial charge in [0.2, 0.25) is 5.76 Å². The van der Waals surface area contributed by atoms with Crippen molar-refractivity contribution in [3.63, 3.8) is 0 Å². The first-order valence-electron chi connectivity index (χ1n) is 5.49. The summed E-state index contributed by atoms with van der Waals surface area (Å²) >= 11 is 0. The van der Waals surface area contributed by atoms with E-state index in [4.69, 9.17) is 4.74 Å². The van der Waals surface area contributed by atoms with E-state index in [1.165, 1.54) is 0 Å². The highest BCUT2D eigenvalue weighted by molar-refractivity contribution is 5.95. The van der Waals surface area contributed by atoms with Crippen molar-refractivity contribution < 1.29 is 27.1 Å². The van der Waals surface area contributed by atoms with Crippen molar-refractivity contribution in [2.45, 2.75) is 12.6 Å². The number of hydrogen-bond acceptors (Lipinski definition) is 3. The zero-order valence-electron chi connectivity index (χ0n) is 9.42. The van der Waals surface area contributed by atoms with E-state index in [-0.39, 0.29) is 5.92 Å². The first-order valence-corrected chi connectivity index (χ1v) is 5.49. The minimum absolute atomic E-state index is 0.162. The molecule has 2 heterocycles. The molecule has 0 saturated carbocycles. The number of ether oxygens (including phenoxy) is 1. The van der Waals surface area contributed by atoms with E-state index in [9.17, 15) is 18.0 Å². The highest BCUT2D eigenvalue weighted by Gasteiger charge is 2.39. The number of hydrogen-bond donors (Lipinski definition) is 1. The normalized spacial score (nSPS) is 20.1. The molecule has 0 spiro atoms. The predicted molar refractivity (Wildman–Crippen MR) is 55.0 cm³/mol. The van der Waals surface area contributed by atoms with E-state index in [0.29, 0.717) is 19.8 Å². The van der Waals surface area contributed by atoms with Gasteiger partial charge in [0.15, 0.2) is 0 Å². The molecule has 100 valence electrons. The molecule has 1 aliphatic rings. The van der Waals surface area contributed by atoms with Gasteiger partial charge in [-0.05, 0) is 12.5 Å². The van der Waals surface area contributed by atoms with Crippen LogP contribution in [0.1, 0.15) is 22.5 Å². The summed E-state index contributed by atoms with van der Waals surface area (Å²) in [6.07, 6.45) is -3.00. The molecule has 1 fully saturated rings. The van der Waals surface area contributed by atoms with Crippen molar-refractivity contribution in [1.29, 1.82) is 0 Å². The molecule has 1 aromatic heterocycles. The Balaban J connectivity index is 1.98. The predicted octanol–water partition coefficient (Wildman–Crippen LogP) is 2.06. The molecule has 1 amide bonds. The zero-order chi connectivity index (χ0) is 13.2. The largest absolute Gasteiger partial charge is 0.459 e. The van der Waals surface area contributed by atoms with Crippen molar-refractivity contribution in [2.24, 2.45) is 5.92 Å². The summed E-state index contributed by atoms with van der Waals surface area (Å²) in [5, 5.41) is 2.46. The molecular weight excluding hydrogens is 251 g/mol. The zero-order valence-corrected chi connectivity index (χ0v) is 9.42. The van der Waals surface area contributed by atoms with Crippen LogP contribution in [0.3, 0.4) is 0 Å². The minimum Gasteiger partial charge on any atom is -0.459 e. The number of alkyl halides is 3. The molecule has 1 saturated heterocycles. The molecule has 1 aliphatic heterocycles. The Bertz CT molecular complexity index is 421. The van der Waals surface area contributed by atoms with Gasteiger partial charge in [-0.1, -0.05) is 0 Å². The Morgan fingerprint density at radius 1 is 1.50 bits per heavy atom. The maximum atomic E-state index is 12.5. The second-order valence-corrected chi connectivity index (χ2v) is 4.10. The smallest absolute Gasteiger partial charge is 0.450 e. The van der Waals surface area contributed by atoms with Crippen molar-refractivity contribution in [3.8, 4) is 0 Å². The van der Waals surface area contributed by atoms with Crippen molar-refractivity contribution in [2.75, 3.05) is 19.8 Å². The lowest BCUT2D eigenvalue weighted by Crippen LogP contribution is -2.30. The first-order chi connectivity index (χ1) is 8.48. The Labute approximate surface area is 101 Å². The lowest BCUT2D eigenvalue weighted by atomic mass is 10.1. The van der Waals surface area contributed by atoms with Crippen LogP contribution in [0.25, 0.3) is 0 Å². The van der Waals surface area contributed by atoms with E-state index >= 15 is 0 Å². The average Bonchev–Trinajstić information content (AvgIpc) is 2.95. The molecule has 2 rings (SSSR count). The number of carbonyl (C=O) groups excluding carboxylic acids is 1. The summed E-state index contributed by atoms with van der Waals surface area (Å²) in [7, 11) is 0. The van der Waals surface area contributed by atoms with Crippen molar-refractivity contribution >= 4 is 5.91 Å². The van der Waals surface area contributed by atoms with Gasteiger partial charge in [-0.3, -0.25) is 4.79 Å². The van der Waals surface area contributed by atoms with Crippen molar-refractivity contribution in [1.82, 2.24) is 5.32 Å². The summed E-state index contributed by atoms with van der Waals surface area (Å²) < 4.78 is 46.9. The quantitative estimate of drug-likeness (QED) is 0.908. The molecule has 0 unspecified atom stereocenters. The van der Waals surface area contributed by atoms with Gasteiger partial charge >= 0.3 is 6.18 Å². The molecule has 0 aromatic carbocycles. The van der Waals surface area contributed by atoms with E-state index in [1.54, 1.807) is 0 Å². The number of carbonyl (C=O) groups is 1. The van der Waals surface area contributed by atoms with E-state index < -0.39 is 23.4 Å². The molecule has 1 N–H and O–H groups in total. The summed E-state index contributed by atoms with van der Waals surface area (Å²) in [4.78, 5) is 11.6. The van der Waals surface area contributed by atoms with Crippen molar-refractivity contribution in [3.05, 3.63) is 23.7 Å². The molecule has 4 nitrogen and oxygen atoms in total. The number of rotatable bonds is 3. The van der Waals surface area contributed by atoms with Crippen LogP contribution in [0.15, 0.2) is 16.7 Å². The third kappa shape index (κ3) is 2.84. The molecule has 18 heavy (non-hydrogen) atoms. The van der Waals surface area contributed by atoms with Crippen LogP contribution in [-0.4, -0.2) is 25.7 Å². The number of nitrogens with one attached hydrogen (secondary N) is 1. The molecule has 0 aliphatic carbocycles. The Kier molecular flexibility index (Phi) is 3.60. The van der Waals surface area contributed by atoms with Gasteiger partial charge in [0.05, 0.1) is 18.4 Å².